The van der Waals surface area contributed by atoms with Gasteiger partial charge >= 0.3 is 0 Å². The predicted octanol–water partition coefficient (Wildman–Crippen LogP) is 4.45. The molecule has 0 aromatic heterocycles. The number of benzene rings is 1. The first-order chi connectivity index (χ1) is 9.35. The molecule has 0 amide bonds. The summed E-state index contributed by atoms with van der Waals surface area (Å²) in [5.74, 6) is -2.78. The summed E-state index contributed by atoms with van der Waals surface area (Å²) in [5.41, 5.74) is 0.288. The van der Waals surface area contributed by atoms with Gasteiger partial charge in [0.15, 0.2) is 11.6 Å². The van der Waals surface area contributed by atoms with Crippen LogP contribution in [0.1, 0.15) is 45.6 Å². The smallest absolute Gasteiger partial charge is 0.161 e. The number of nitrogens with one attached hydrogen (secondary N) is 1. The van der Waals surface area contributed by atoms with Crippen LogP contribution in [0, 0.1) is 22.9 Å². The molecule has 1 N–H and O–H groups in total. The summed E-state index contributed by atoms with van der Waals surface area (Å²) in [6.45, 7) is 8.25. The van der Waals surface area contributed by atoms with Crippen molar-refractivity contribution in [2.24, 2.45) is 5.41 Å². The van der Waals surface area contributed by atoms with Gasteiger partial charge in [0, 0.05) is 6.07 Å². The second kappa shape index (κ2) is 7.67. The van der Waals surface area contributed by atoms with E-state index >= 15 is 0 Å². The van der Waals surface area contributed by atoms with Crippen molar-refractivity contribution in [3.8, 4) is 0 Å². The van der Waals surface area contributed by atoms with Crippen molar-refractivity contribution in [3.05, 3.63) is 35.1 Å². The Morgan fingerprint density at radius 1 is 0.950 bits per heavy atom. The molecule has 1 nitrogen and oxygen atoms in total. The monoisotopic (exact) mass is 287 g/mol. The molecular weight excluding hydrogens is 263 g/mol. The maximum Gasteiger partial charge on any atom is 0.161 e. The third-order valence-electron chi connectivity index (χ3n) is 3.57. The molecule has 1 rings (SSSR count). The maximum atomic E-state index is 13.5. The van der Waals surface area contributed by atoms with Gasteiger partial charge in [-0.3, -0.25) is 0 Å². The Labute approximate surface area is 119 Å². The highest BCUT2D eigenvalue weighted by atomic mass is 19.2. The van der Waals surface area contributed by atoms with Gasteiger partial charge in [-0.1, -0.05) is 20.8 Å². The van der Waals surface area contributed by atoms with Gasteiger partial charge in [0.25, 0.3) is 0 Å². The summed E-state index contributed by atoms with van der Waals surface area (Å²) in [6, 6.07) is 1.59. The molecule has 0 atom stereocenters. The zero-order chi connectivity index (χ0) is 15.2. The molecule has 1 aromatic rings. The highest BCUT2D eigenvalue weighted by Gasteiger charge is 2.19. The van der Waals surface area contributed by atoms with Crippen LogP contribution in [-0.2, 0) is 6.42 Å². The lowest BCUT2D eigenvalue weighted by molar-refractivity contribution is 0.301. The first-order valence-electron chi connectivity index (χ1n) is 7.20. The van der Waals surface area contributed by atoms with Crippen LogP contribution in [0.2, 0.25) is 0 Å². The average molecular weight is 287 g/mol. The van der Waals surface area contributed by atoms with Gasteiger partial charge in [0.05, 0.1) is 0 Å². The molecule has 0 aliphatic carbocycles. The lowest BCUT2D eigenvalue weighted by Gasteiger charge is -2.25. The Bertz CT molecular complexity index is 430. The Hall–Kier alpha value is -1.03. The first kappa shape index (κ1) is 17.0. The van der Waals surface area contributed by atoms with Crippen molar-refractivity contribution in [1.29, 1.82) is 0 Å². The van der Waals surface area contributed by atoms with E-state index in [-0.39, 0.29) is 11.0 Å². The lowest BCUT2D eigenvalue weighted by atomic mass is 9.83. The quantitative estimate of drug-likeness (QED) is 0.550. The molecule has 1 aromatic carbocycles. The van der Waals surface area contributed by atoms with Crippen LogP contribution in [0.15, 0.2) is 12.1 Å². The van der Waals surface area contributed by atoms with Crippen LogP contribution in [0.3, 0.4) is 0 Å². The first-order valence-corrected chi connectivity index (χ1v) is 7.20. The van der Waals surface area contributed by atoms with Crippen LogP contribution in [0.5, 0.6) is 0 Å². The lowest BCUT2D eigenvalue weighted by Crippen LogP contribution is -2.23. The number of halogens is 3. The van der Waals surface area contributed by atoms with Gasteiger partial charge in [-0.2, -0.15) is 0 Å². The van der Waals surface area contributed by atoms with E-state index in [1.54, 1.807) is 0 Å². The Morgan fingerprint density at radius 3 is 2.25 bits per heavy atom. The average Bonchev–Trinajstić information content (AvgIpc) is 2.37. The van der Waals surface area contributed by atoms with Crippen LogP contribution >= 0.6 is 0 Å². The highest BCUT2D eigenvalue weighted by Crippen LogP contribution is 2.27. The van der Waals surface area contributed by atoms with E-state index < -0.39 is 17.5 Å². The minimum Gasteiger partial charge on any atom is -0.317 e. The van der Waals surface area contributed by atoms with Crippen molar-refractivity contribution >= 4 is 0 Å². The fourth-order valence-electron chi connectivity index (χ4n) is 2.08. The van der Waals surface area contributed by atoms with Gasteiger partial charge in [-0.25, -0.2) is 13.2 Å². The molecule has 0 bridgehead atoms. The van der Waals surface area contributed by atoms with Gasteiger partial charge in [-0.15, -0.1) is 0 Å². The number of hydrogen-bond donors (Lipinski definition) is 1. The normalized spacial score (nSPS) is 11.9. The maximum absolute atomic E-state index is 13.5. The van der Waals surface area contributed by atoms with Gasteiger partial charge in [0.1, 0.15) is 5.82 Å². The van der Waals surface area contributed by atoms with Crippen molar-refractivity contribution in [2.45, 2.75) is 46.5 Å². The summed E-state index contributed by atoms with van der Waals surface area (Å²) in [7, 11) is 0. The molecule has 0 saturated heterocycles. The van der Waals surface area contributed by atoms with Crippen LogP contribution in [0.25, 0.3) is 0 Å². The van der Waals surface area contributed by atoms with E-state index in [9.17, 15) is 13.2 Å². The van der Waals surface area contributed by atoms with E-state index in [4.69, 9.17) is 0 Å². The molecule has 0 saturated carbocycles. The molecule has 0 spiro atoms. The molecule has 20 heavy (non-hydrogen) atoms. The Kier molecular flexibility index (Phi) is 6.53. The van der Waals surface area contributed by atoms with Crippen LogP contribution < -0.4 is 5.32 Å². The largest absolute Gasteiger partial charge is 0.317 e. The molecule has 114 valence electrons. The van der Waals surface area contributed by atoms with Gasteiger partial charge < -0.3 is 5.32 Å². The van der Waals surface area contributed by atoms with Crippen LogP contribution in [0.4, 0.5) is 13.2 Å². The summed E-state index contributed by atoms with van der Waals surface area (Å²) in [5, 5.41) is 3.33. The molecule has 0 aliphatic heterocycles. The van der Waals surface area contributed by atoms with Crippen LogP contribution in [-0.4, -0.2) is 13.1 Å². The highest BCUT2D eigenvalue weighted by molar-refractivity contribution is 5.20. The fourth-order valence-corrected chi connectivity index (χ4v) is 2.08. The van der Waals surface area contributed by atoms with E-state index in [2.05, 4.69) is 26.1 Å². The molecule has 0 heterocycles. The fraction of sp³-hybridized carbons (Fsp3) is 0.625. The molecule has 0 aliphatic rings. The summed E-state index contributed by atoms with van der Waals surface area (Å²) < 4.78 is 39.5. The van der Waals surface area contributed by atoms with Crippen molar-refractivity contribution in [1.82, 2.24) is 5.32 Å². The minimum absolute atomic E-state index is 0.0397. The predicted molar refractivity (Wildman–Crippen MR) is 76.2 cm³/mol. The SMILES string of the molecule is CCCNCCC(C)(C)CCc1cc(F)c(F)cc1F. The molecule has 0 radical (unpaired) electrons. The summed E-state index contributed by atoms with van der Waals surface area (Å²) in [4.78, 5) is 0. The Balaban J connectivity index is 2.51. The molecular formula is C16H24F3N. The zero-order valence-corrected chi connectivity index (χ0v) is 12.5. The van der Waals surface area contributed by atoms with E-state index in [0.717, 1.165) is 38.4 Å². The Morgan fingerprint density at radius 2 is 1.60 bits per heavy atom. The van der Waals surface area contributed by atoms with Crippen molar-refractivity contribution < 1.29 is 13.2 Å². The molecule has 0 fully saturated rings. The second-order valence-electron chi connectivity index (χ2n) is 6.02. The second-order valence-corrected chi connectivity index (χ2v) is 6.02. The number of aryl methyl sites for hydroxylation is 1. The number of hydrogen-bond acceptors (Lipinski definition) is 1. The van der Waals surface area contributed by atoms with Crippen molar-refractivity contribution in [3.63, 3.8) is 0 Å². The van der Waals surface area contributed by atoms with E-state index in [0.29, 0.717) is 12.5 Å². The molecule has 4 heteroatoms. The standard InChI is InChI=1S/C16H24F3N/c1-4-8-20-9-7-16(2,3)6-5-12-10-14(18)15(19)11-13(12)17/h10-11,20H,4-9H2,1-3H3. The third-order valence-corrected chi connectivity index (χ3v) is 3.57. The van der Waals surface area contributed by atoms with Gasteiger partial charge in [0.2, 0.25) is 0 Å². The summed E-state index contributed by atoms with van der Waals surface area (Å²) >= 11 is 0. The van der Waals surface area contributed by atoms with Crippen molar-refractivity contribution in [2.75, 3.05) is 13.1 Å². The summed E-state index contributed by atoms with van der Waals surface area (Å²) in [6.07, 6.45) is 3.23. The topological polar surface area (TPSA) is 12.0 Å². The number of rotatable bonds is 8. The van der Waals surface area contributed by atoms with Gasteiger partial charge in [-0.05, 0) is 55.8 Å². The minimum atomic E-state index is -1.13. The van der Waals surface area contributed by atoms with E-state index in [1.165, 1.54) is 0 Å². The zero-order valence-electron chi connectivity index (χ0n) is 12.5. The van der Waals surface area contributed by atoms with E-state index in [1.807, 2.05) is 0 Å². The third kappa shape index (κ3) is 5.53. The molecule has 0 unspecified atom stereocenters.